The maximum atomic E-state index is 8.75. The first-order valence-corrected chi connectivity index (χ1v) is 4.19. The maximum Gasteiger partial charge on any atom is 0.0938 e. The first-order valence-electron chi connectivity index (χ1n) is 4.19. The summed E-state index contributed by atoms with van der Waals surface area (Å²) in [6, 6.07) is -0.0579. The molecule has 0 radical (unpaired) electrons. The van der Waals surface area contributed by atoms with Crippen LogP contribution in [0.25, 0.3) is 0 Å². The molecule has 0 saturated heterocycles. The number of allylic oxidation sites excluding steroid dienone is 1. The fraction of sp³-hybridized carbons (Fsp3) is 0.400. The predicted octanol–water partition coefficient (Wildman–Crippen LogP) is 0.889. The average Bonchev–Trinajstić information content (AvgIpc) is 2.05. The highest BCUT2D eigenvalue weighted by Gasteiger charge is 2.07. The van der Waals surface area contributed by atoms with E-state index in [1.165, 1.54) is 6.20 Å². The second kappa shape index (κ2) is 6.46. The molecule has 0 spiro atoms. The highest BCUT2D eigenvalue weighted by molar-refractivity contribution is 5.31. The summed E-state index contributed by atoms with van der Waals surface area (Å²) < 4.78 is 0. The van der Waals surface area contributed by atoms with Gasteiger partial charge in [-0.25, -0.2) is 0 Å². The zero-order chi connectivity index (χ0) is 10.3. The van der Waals surface area contributed by atoms with Gasteiger partial charge in [0.2, 0.25) is 0 Å². The van der Waals surface area contributed by atoms with Crippen LogP contribution in [0.3, 0.4) is 0 Å². The topological polar surface area (TPSA) is 58.3 Å². The Balaban J connectivity index is 4.69. The first kappa shape index (κ1) is 11.9. The van der Waals surface area contributed by atoms with Gasteiger partial charge in [0.15, 0.2) is 0 Å². The molecule has 0 aromatic carbocycles. The largest absolute Gasteiger partial charge is 0.405 e. The quantitative estimate of drug-likeness (QED) is 0.437. The second-order valence-electron chi connectivity index (χ2n) is 2.88. The zero-order valence-electron chi connectivity index (χ0n) is 8.25. The van der Waals surface area contributed by atoms with Crippen molar-refractivity contribution in [3.05, 3.63) is 36.1 Å². The summed E-state index contributed by atoms with van der Waals surface area (Å²) in [4.78, 5) is 0. The van der Waals surface area contributed by atoms with Gasteiger partial charge in [-0.1, -0.05) is 18.2 Å². The molecule has 0 amide bonds. The fourth-order valence-electron chi connectivity index (χ4n) is 1.13. The molecule has 0 aromatic rings. The van der Waals surface area contributed by atoms with Crippen LogP contribution < -0.4 is 11.1 Å². The van der Waals surface area contributed by atoms with Crippen molar-refractivity contribution >= 4 is 0 Å². The number of nitrogens with two attached hydrogens (primary N) is 1. The van der Waals surface area contributed by atoms with Crippen molar-refractivity contribution in [1.82, 2.24) is 5.32 Å². The van der Waals surface area contributed by atoms with Gasteiger partial charge >= 0.3 is 0 Å². The third-order valence-corrected chi connectivity index (χ3v) is 1.75. The molecule has 0 aromatic heterocycles. The third kappa shape index (κ3) is 3.92. The summed E-state index contributed by atoms with van der Waals surface area (Å²) in [6.07, 6.45) is 5.00. The number of aliphatic hydroxyl groups excluding tert-OH is 1. The number of nitrogens with one attached hydrogen (secondary N) is 1. The van der Waals surface area contributed by atoms with Gasteiger partial charge in [0.05, 0.1) is 12.8 Å². The minimum absolute atomic E-state index is 0.0579. The molecule has 0 aliphatic heterocycles. The summed E-state index contributed by atoms with van der Waals surface area (Å²) in [5, 5.41) is 11.6. The lowest BCUT2D eigenvalue weighted by molar-refractivity contribution is 0.256. The molecule has 0 fully saturated rings. The van der Waals surface area contributed by atoms with Crippen LogP contribution in [0.5, 0.6) is 0 Å². The summed E-state index contributed by atoms with van der Waals surface area (Å²) in [5.74, 6) is 0. The molecule has 0 aliphatic carbocycles. The zero-order valence-corrected chi connectivity index (χ0v) is 8.25. The van der Waals surface area contributed by atoms with Crippen LogP contribution in [0.1, 0.15) is 13.8 Å². The second-order valence-corrected chi connectivity index (χ2v) is 2.88. The number of aliphatic hydroxyl groups is 1. The molecular weight excluding hydrogens is 164 g/mol. The molecule has 0 bridgehead atoms. The van der Waals surface area contributed by atoms with E-state index < -0.39 is 0 Å². The van der Waals surface area contributed by atoms with E-state index in [0.29, 0.717) is 0 Å². The molecule has 3 nitrogen and oxygen atoms in total. The van der Waals surface area contributed by atoms with Crippen molar-refractivity contribution in [1.29, 1.82) is 0 Å². The Kier molecular flexibility index (Phi) is 5.93. The standard InChI is InChI=1S/C10H18N2O/c1-4-9(8(2)3)10(5-6-11)12-7-13/h4-6,10,12-13H,1,7,11H2,2-3H3/b6-5-. The van der Waals surface area contributed by atoms with Gasteiger partial charge in [-0.2, -0.15) is 0 Å². The molecule has 1 atom stereocenters. The van der Waals surface area contributed by atoms with Gasteiger partial charge in [0.25, 0.3) is 0 Å². The van der Waals surface area contributed by atoms with E-state index in [-0.39, 0.29) is 12.8 Å². The SMILES string of the molecule is C=CC(=C(C)C)C(/C=C\N)NCO. The molecule has 0 aliphatic rings. The van der Waals surface area contributed by atoms with Crippen LogP contribution in [0.2, 0.25) is 0 Å². The third-order valence-electron chi connectivity index (χ3n) is 1.75. The molecule has 74 valence electrons. The average molecular weight is 182 g/mol. The fourth-order valence-corrected chi connectivity index (χ4v) is 1.13. The van der Waals surface area contributed by atoms with Crippen molar-refractivity contribution in [2.24, 2.45) is 5.73 Å². The van der Waals surface area contributed by atoms with Gasteiger partial charge in [-0.05, 0) is 31.7 Å². The number of rotatable bonds is 5. The predicted molar refractivity (Wildman–Crippen MR) is 55.9 cm³/mol. The van der Waals surface area contributed by atoms with Crippen LogP contribution in [0, 0.1) is 0 Å². The molecule has 0 saturated carbocycles. The molecule has 13 heavy (non-hydrogen) atoms. The van der Waals surface area contributed by atoms with Crippen LogP contribution in [0.15, 0.2) is 36.1 Å². The lowest BCUT2D eigenvalue weighted by atomic mass is 10.0. The van der Waals surface area contributed by atoms with Crippen molar-refractivity contribution in [2.45, 2.75) is 19.9 Å². The number of hydrogen-bond acceptors (Lipinski definition) is 3. The van der Waals surface area contributed by atoms with E-state index in [1.807, 2.05) is 13.8 Å². The smallest absolute Gasteiger partial charge is 0.0938 e. The van der Waals surface area contributed by atoms with Crippen LogP contribution in [-0.2, 0) is 0 Å². The van der Waals surface area contributed by atoms with Gasteiger partial charge in [0.1, 0.15) is 0 Å². The Morgan fingerprint density at radius 1 is 1.62 bits per heavy atom. The lowest BCUT2D eigenvalue weighted by Crippen LogP contribution is -2.30. The molecule has 0 heterocycles. The Hall–Kier alpha value is -1.06. The van der Waals surface area contributed by atoms with Crippen LogP contribution in [-0.4, -0.2) is 17.9 Å². The Morgan fingerprint density at radius 2 is 2.23 bits per heavy atom. The van der Waals surface area contributed by atoms with Crippen molar-refractivity contribution in [3.63, 3.8) is 0 Å². The van der Waals surface area contributed by atoms with Gasteiger partial charge in [-0.15, -0.1) is 0 Å². The van der Waals surface area contributed by atoms with Gasteiger partial charge in [0, 0.05) is 0 Å². The van der Waals surface area contributed by atoms with E-state index >= 15 is 0 Å². The summed E-state index contributed by atoms with van der Waals surface area (Å²) in [5.41, 5.74) is 7.48. The highest BCUT2D eigenvalue weighted by atomic mass is 16.3. The summed E-state index contributed by atoms with van der Waals surface area (Å²) in [7, 11) is 0. The molecule has 1 unspecified atom stereocenters. The van der Waals surface area contributed by atoms with E-state index in [1.54, 1.807) is 12.2 Å². The van der Waals surface area contributed by atoms with E-state index in [4.69, 9.17) is 10.8 Å². The summed E-state index contributed by atoms with van der Waals surface area (Å²) in [6.45, 7) is 7.62. The van der Waals surface area contributed by atoms with E-state index in [0.717, 1.165) is 11.1 Å². The highest BCUT2D eigenvalue weighted by Crippen LogP contribution is 2.10. The minimum Gasteiger partial charge on any atom is -0.405 e. The van der Waals surface area contributed by atoms with Gasteiger partial charge < -0.3 is 10.8 Å². The monoisotopic (exact) mass is 182 g/mol. The van der Waals surface area contributed by atoms with Crippen molar-refractivity contribution < 1.29 is 5.11 Å². The van der Waals surface area contributed by atoms with Gasteiger partial charge in [-0.3, -0.25) is 5.32 Å². The Bertz CT molecular complexity index is 215. The molecule has 0 rings (SSSR count). The molecular formula is C10H18N2O. The Morgan fingerprint density at radius 3 is 2.54 bits per heavy atom. The van der Waals surface area contributed by atoms with Crippen molar-refractivity contribution in [2.75, 3.05) is 6.73 Å². The first-order chi connectivity index (χ1) is 6.17. The number of hydrogen-bond donors (Lipinski definition) is 3. The van der Waals surface area contributed by atoms with E-state index in [2.05, 4.69) is 11.9 Å². The maximum absolute atomic E-state index is 8.75. The van der Waals surface area contributed by atoms with Crippen LogP contribution in [0.4, 0.5) is 0 Å². The molecule has 4 N–H and O–H groups in total. The normalized spacial score (nSPS) is 12.8. The van der Waals surface area contributed by atoms with Crippen LogP contribution >= 0.6 is 0 Å². The molecule has 3 heteroatoms. The van der Waals surface area contributed by atoms with Crippen molar-refractivity contribution in [3.8, 4) is 0 Å². The minimum atomic E-state index is -0.0837. The Labute approximate surface area is 79.6 Å². The lowest BCUT2D eigenvalue weighted by Gasteiger charge is -2.16. The van der Waals surface area contributed by atoms with E-state index in [9.17, 15) is 0 Å². The summed E-state index contributed by atoms with van der Waals surface area (Å²) >= 11 is 0.